The van der Waals surface area contributed by atoms with Gasteiger partial charge in [-0.05, 0) is 24.3 Å². The predicted octanol–water partition coefficient (Wildman–Crippen LogP) is -4.53. The number of halogens is 1. The van der Waals surface area contributed by atoms with Gasteiger partial charge in [-0.25, -0.2) is 0 Å². The Labute approximate surface area is 200 Å². The van der Waals surface area contributed by atoms with E-state index < -0.39 is 10.4 Å². The molecule has 0 radical (unpaired) electrons. The summed E-state index contributed by atoms with van der Waals surface area (Å²) in [4.78, 5) is 0. The van der Waals surface area contributed by atoms with Gasteiger partial charge in [-0.15, -0.1) is 17.0 Å². The van der Waals surface area contributed by atoms with Crippen molar-refractivity contribution in [3.63, 3.8) is 0 Å². The summed E-state index contributed by atoms with van der Waals surface area (Å²) in [6.45, 7) is 0. The molecule has 0 aromatic heterocycles. The normalized spacial score (nSPS) is 8.18. The first-order valence-electron chi connectivity index (χ1n) is 3.56. The Morgan fingerprint density at radius 3 is 1.71 bits per heavy atom. The van der Waals surface area contributed by atoms with Crippen molar-refractivity contribution in [3.05, 3.63) is 24.3 Å². The second kappa shape index (κ2) is 14.8. The number of anilines is 2. The molecule has 1 aromatic rings. The number of hydrogen-bond donors (Lipinski definition) is 4. The van der Waals surface area contributed by atoms with Crippen molar-refractivity contribution >= 4 is 38.8 Å². The van der Waals surface area contributed by atoms with Crippen LogP contribution in [0, 0.1) is 0 Å². The summed E-state index contributed by atoms with van der Waals surface area (Å²) in [5.41, 5.74) is 7.34. The molecular formula is C7H15BrK2N2O4S. The molecule has 0 saturated heterocycles. The first-order valence-corrected chi connectivity index (χ1v) is 4.96. The summed E-state index contributed by atoms with van der Waals surface area (Å²) in [5.74, 6) is 0. The molecule has 17 heavy (non-hydrogen) atoms. The minimum Gasteiger partial charge on any atom is -1.00 e. The van der Waals surface area contributed by atoms with Crippen LogP contribution in [-0.4, -0.2) is 24.6 Å². The molecule has 0 heterocycles. The van der Waals surface area contributed by atoms with Crippen LogP contribution < -0.4 is 114 Å². The van der Waals surface area contributed by atoms with Crippen molar-refractivity contribution < 1.29 is 123 Å². The minimum absolute atomic E-state index is 0. The van der Waals surface area contributed by atoms with E-state index >= 15 is 0 Å². The molecule has 1 rings (SSSR count). The zero-order valence-corrected chi connectivity index (χ0v) is 18.7. The van der Waals surface area contributed by atoms with E-state index in [4.69, 9.17) is 23.3 Å². The van der Waals surface area contributed by atoms with Crippen LogP contribution in [0.2, 0.25) is 0 Å². The van der Waals surface area contributed by atoms with Crippen molar-refractivity contribution in [2.24, 2.45) is 0 Å². The van der Waals surface area contributed by atoms with E-state index in [1.165, 1.54) is 0 Å². The fraction of sp³-hybridized carbons (Fsp3) is 0.143. The third kappa shape index (κ3) is 23.9. The smallest absolute Gasteiger partial charge is 1.00 e. The van der Waals surface area contributed by atoms with Crippen LogP contribution in [0.5, 0.6) is 0 Å². The van der Waals surface area contributed by atoms with Gasteiger partial charge >= 0.3 is 113 Å². The molecule has 0 bridgehead atoms. The van der Waals surface area contributed by atoms with E-state index in [1.807, 2.05) is 31.3 Å². The average Bonchev–Trinajstić information content (AvgIpc) is 2.03. The molecule has 0 aliphatic heterocycles. The van der Waals surface area contributed by atoms with E-state index in [1.54, 1.807) is 0 Å². The number of nitrogens with one attached hydrogen (secondary N) is 1. The molecule has 0 spiro atoms. The average molecular weight is 381 g/mol. The summed E-state index contributed by atoms with van der Waals surface area (Å²) < 4.78 is 31.6. The Morgan fingerprint density at radius 1 is 1.18 bits per heavy atom. The molecule has 0 saturated carbocycles. The second-order valence-corrected chi connectivity index (χ2v) is 3.22. The van der Waals surface area contributed by atoms with Crippen LogP contribution in [-0.2, 0) is 10.4 Å². The van der Waals surface area contributed by atoms with Crippen LogP contribution in [0.15, 0.2) is 24.3 Å². The largest absolute Gasteiger partial charge is 1.00 e. The molecule has 1 aromatic carbocycles. The molecular weight excluding hydrogens is 366 g/mol. The van der Waals surface area contributed by atoms with Crippen LogP contribution >= 0.6 is 17.0 Å². The van der Waals surface area contributed by atoms with Gasteiger partial charge in [-0.3, -0.25) is 9.11 Å². The molecule has 0 amide bonds. The van der Waals surface area contributed by atoms with E-state index in [-0.39, 0.29) is 123 Å². The van der Waals surface area contributed by atoms with Crippen molar-refractivity contribution in [2.75, 3.05) is 18.1 Å². The zero-order valence-electron chi connectivity index (χ0n) is 11.9. The second-order valence-electron chi connectivity index (χ2n) is 2.32. The Balaban J connectivity index is -0.0000000385. The number of nitrogen functional groups attached to an aromatic ring is 1. The molecule has 0 fully saturated rings. The molecule has 5 N–H and O–H groups in total. The number of nitrogens with two attached hydrogens (primary N) is 1. The monoisotopic (exact) mass is 380 g/mol. The molecule has 10 heteroatoms. The van der Waals surface area contributed by atoms with Gasteiger partial charge in [0.05, 0.1) is 0 Å². The summed E-state index contributed by atoms with van der Waals surface area (Å²) >= 11 is 0. The van der Waals surface area contributed by atoms with Crippen LogP contribution in [0.1, 0.15) is 2.85 Å². The van der Waals surface area contributed by atoms with Crippen molar-refractivity contribution in [1.29, 1.82) is 0 Å². The van der Waals surface area contributed by atoms with Crippen LogP contribution in [0.3, 0.4) is 0 Å². The van der Waals surface area contributed by atoms with Gasteiger partial charge in [0.2, 0.25) is 0 Å². The van der Waals surface area contributed by atoms with Gasteiger partial charge in [0.15, 0.2) is 0 Å². The summed E-state index contributed by atoms with van der Waals surface area (Å²) in [7, 11) is -2.79. The topological polar surface area (TPSA) is 113 Å². The fourth-order valence-corrected chi connectivity index (χ4v) is 0.650. The SMILES string of the molecule is Br.CNc1ccc(N)cc1.O=S(=O)(O)O.[H-].[H-].[K+].[K+]. The number of hydrogen-bond acceptors (Lipinski definition) is 4. The van der Waals surface area contributed by atoms with Crippen molar-refractivity contribution in [1.82, 2.24) is 0 Å². The Morgan fingerprint density at radius 2 is 1.47 bits per heavy atom. The van der Waals surface area contributed by atoms with E-state index in [0.717, 1.165) is 11.4 Å². The van der Waals surface area contributed by atoms with Crippen LogP contribution in [0.25, 0.3) is 0 Å². The zero-order chi connectivity index (χ0) is 11.2. The molecule has 0 aliphatic rings. The summed E-state index contributed by atoms with van der Waals surface area (Å²) in [5, 5.41) is 3.00. The van der Waals surface area contributed by atoms with Crippen LogP contribution in [0.4, 0.5) is 11.4 Å². The van der Waals surface area contributed by atoms with Gasteiger partial charge < -0.3 is 13.9 Å². The third-order valence-corrected chi connectivity index (χ3v) is 1.20. The van der Waals surface area contributed by atoms with Crippen molar-refractivity contribution in [3.8, 4) is 0 Å². The molecule has 0 aliphatic carbocycles. The predicted molar refractivity (Wildman–Crippen MR) is 67.1 cm³/mol. The van der Waals surface area contributed by atoms with E-state index in [9.17, 15) is 0 Å². The number of benzene rings is 1. The molecule has 0 unspecified atom stereocenters. The molecule has 6 nitrogen and oxygen atoms in total. The molecule has 92 valence electrons. The first kappa shape index (κ1) is 27.7. The maximum atomic E-state index is 8.74. The Bertz CT molecular complexity index is 375. The van der Waals surface area contributed by atoms with Gasteiger partial charge in [0.1, 0.15) is 0 Å². The van der Waals surface area contributed by atoms with Crippen molar-refractivity contribution in [2.45, 2.75) is 0 Å². The summed E-state index contributed by atoms with van der Waals surface area (Å²) in [6, 6.07) is 7.61. The Hall–Kier alpha value is 2.44. The van der Waals surface area contributed by atoms with Gasteiger partial charge in [-0.1, -0.05) is 0 Å². The minimum atomic E-state index is -4.67. The fourth-order valence-electron chi connectivity index (χ4n) is 0.650. The third-order valence-electron chi connectivity index (χ3n) is 1.20. The van der Waals surface area contributed by atoms with Gasteiger partial charge in [0, 0.05) is 18.4 Å². The summed E-state index contributed by atoms with van der Waals surface area (Å²) in [6.07, 6.45) is 0. The van der Waals surface area contributed by atoms with Gasteiger partial charge in [0.25, 0.3) is 0 Å². The van der Waals surface area contributed by atoms with Gasteiger partial charge in [-0.2, -0.15) is 8.42 Å². The van der Waals surface area contributed by atoms with E-state index in [0.29, 0.717) is 0 Å². The maximum Gasteiger partial charge on any atom is 1.00 e. The Kier molecular flexibility index (Phi) is 24.2. The first-order chi connectivity index (χ1) is 6.33. The number of rotatable bonds is 1. The maximum absolute atomic E-state index is 8.74. The standard InChI is InChI=1S/C7H10N2.BrH.2K.H2O4S.2H/c1-9-7-4-2-6(8)3-5-7;;;;1-5(2,3)4;;/h2-5,9H,8H2,1H3;1H;;;(H2,1,2,3,4);;/q;;2*+1;;2*-1. The van der Waals surface area contributed by atoms with E-state index in [2.05, 4.69) is 5.32 Å². The quantitative estimate of drug-likeness (QED) is 0.222. The molecule has 0 atom stereocenters.